The lowest BCUT2D eigenvalue weighted by molar-refractivity contribution is -0.0321. The first kappa shape index (κ1) is 11.7. The zero-order valence-electron chi connectivity index (χ0n) is 9.83. The van der Waals surface area contributed by atoms with Gasteiger partial charge >= 0.3 is 0 Å². The molecule has 2 unspecified atom stereocenters. The van der Waals surface area contributed by atoms with Gasteiger partial charge in [-0.3, -0.25) is 0 Å². The molecule has 0 aliphatic carbocycles. The Kier molecular flexibility index (Phi) is 2.89. The van der Waals surface area contributed by atoms with Crippen molar-refractivity contribution in [1.29, 1.82) is 0 Å². The van der Waals surface area contributed by atoms with E-state index >= 15 is 0 Å². The summed E-state index contributed by atoms with van der Waals surface area (Å²) in [5, 5.41) is 10.8. The number of aliphatic hydroxyl groups excluding tert-OH is 1. The van der Waals surface area contributed by atoms with Crippen molar-refractivity contribution in [3.05, 3.63) is 28.8 Å². The van der Waals surface area contributed by atoms with Crippen LogP contribution in [-0.2, 0) is 0 Å². The zero-order chi connectivity index (χ0) is 11.9. The van der Waals surface area contributed by atoms with Gasteiger partial charge < -0.3 is 9.84 Å². The lowest BCUT2D eigenvalue weighted by Crippen LogP contribution is -2.42. The second-order valence-electron chi connectivity index (χ2n) is 4.97. The van der Waals surface area contributed by atoms with Gasteiger partial charge in [0.25, 0.3) is 0 Å². The van der Waals surface area contributed by atoms with Gasteiger partial charge in [0.2, 0.25) is 0 Å². The molecule has 1 aromatic carbocycles. The van der Waals surface area contributed by atoms with Crippen LogP contribution in [0.1, 0.15) is 38.9 Å². The van der Waals surface area contributed by atoms with Crippen LogP contribution in [0.15, 0.2) is 18.2 Å². The first-order valence-corrected chi connectivity index (χ1v) is 5.97. The summed E-state index contributed by atoms with van der Waals surface area (Å²) in [5.41, 5.74) is 0.492. The largest absolute Gasteiger partial charge is 0.487 e. The van der Waals surface area contributed by atoms with E-state index in [1.165, 1.54) is 0 Å². The highest BCUT2D eigenvalue weighted by atomic mass is 35.5. The second kappa shape index (κ2) is 3.94. The second-order valence-corrected chi connectivity index (χ2v) is 5.41. The SMILES string of the molecule is CC(C)C1(C)CC(O)c2cc(Cl)ccc2O1. The summed E-state index contributed by atoms with van der Waals surface area (Å²) in [6.45, 7) is 6.25. The van der Waals surface area contributed by atoms with E-state index < -0.39 is 6.10 Å². The van der Waals surface area contributed by atoms with Crippen molar-refractivity contribution in [2.75, 3.05) is 0 Å². The molecule has 2 rings (SSSR count). The number of hydrogen-bond donors (Lipinski definition) is 1. The van der Waals surface area contributed by atoms with E-state index in [0.29, 0.717) is 17.4 Å². The van der Waals surface area contributed by atoms with Gasteiger partial charge in [0.05, 0.1) is 6.10 Å². The highest BCUT2D eigenvalue weighted by Gasteiger charge is 2.39. The molecule has 2 atom stereocenters. The first-order chi connectivity index (χ1) is 7.42. The molecule has 1 N–H and O–H groups in total. The fourth-order valence-corrected chi connectivity index (χ4v) is 2.19. The van der Waals surface area contributed by atoms with E-state index in [-0.39, 0.29) is 5.60 Å². The summed E-state index contributed by atoms with van der Waals surface area (Å²) in [6.07, 6.45) is 0.118. The van der Waals surface area contributed by atoms with E-state index in [2.05, 4.69) is 13.8 Å². The van der Waals surface area contributed by atoms with Gasteiger partial charge in [-0.1, -0.05) is 25.4 Å². The average Bonchev–Trinajstić information content (AvgIpc) is 2.19. The molecule has 0 bridgehead atoms. The molecule has 16 heavy (non-hydrogen) atoms. The van der Waals surface area contributed by atoms with Gasteiger partial charge in [0, 0.05) is 17.0 Å². The van der Waals surface area contributed by atoms with Crippen molar-refractivity contribution in [2.24, 2.45) is 5.92 Å². The maximum atomic E-state index is 10.1. The molecule has 88 valence electrons. The van der Waals surface area contributed by atoms with Gasteiger partial charge in [-0.25, -0.2) is 0 Å². The Labute approximate surface area is 101 Å². The summed E-state index contributed by atoms with van der Waals surface area (Å²) in [4.78, 5) is 0. The van der Waals surface area contributed by atoms with Gasteiger partial charge in [0.1, 0.15) is 11.4 Å². The first-order valence-electron chi connectivity index (χ1n) is 5.59. The fraction of sp³-hybridized carbons (Fsp3) is 0.538. The van der Waals surface area contributed by atoms with Crippen molar-refractivity contribution in [3.8, 4) is 5.75 Å². The minimum absolute atomic E-state index is 0.305. The minimum atomic E-state index is -0.491. The van der Waals surface area contributed by atoms with E-state index in [0.717, 1.165) is 11.3 Å². The molecule has 3 heteroatoms. The third-order valence-electron chi connectivity index (χ3n) is 3.49. The molecule has 1 aliphatic rings. The maximum absolute atomic E-state index is 10.1. The lowest BCUT2D eigenvalue weighted by Gasteiger charge is -2.41. The Morgan fingerprint density at radius 2 is 2.19 bits per heavy atom. The Hall–Kier alpha value is -0.730. The number of ether oxygens (including phenoxy) is 1. The molecule has 0 radical (unpaired) electrons. The summed E-state index contributed by atoms with van der Waals surface area (Å²) >= 11 is 5.91. The molecule has 0 fully saturated rings. The number of hydrogen-bond acceptors (Lipinski definition) is 2. The Balaban J connectivity index is 2.40. The van der Waals surface area contributed by atoms with Crippen LogP contribution in [0, 0.1) is 5.92 Å². The molecule has 1 aromatic rings. The van der Waals surface area contributed by atoms with Gasteiger partial charge in [-0.2, -0.15) is 0 Å². The summed E-state index contributed by atoms with van der Waals surface area (Å²) in [5.74, 6) is 1.10. The predicted molar refractivity (Wildman–Crippen MR) is 64.9 cm³/mol. The van der Waals surface area contributed by atoms with E-state index in [1.54, 1.807) is 12.1 Å². The number of halogens is 1. The number of rotatable bonds is 1. The summed E-state index contributed by atoms with van der Waals surface area (Å²) < 4.78 is 5.99. The Bertz CT molecular complexity index is 403. The van der Waals surface area contributed by atoms with Crippen LogP contribution in [0.5, 0.6) is 5.75 Å². The molecule has 2 nitrogen and oxygen atoms in total. The highest BCUT2D eigenvalue weighted by molar-refractivity contribution is 6.30. The molecule has 0 aromatic heterocycles. The van der Waals surface area contributed by atoms with E-state index in [4.69, 9.17) is 16.3 Å². The van der Waals surface area contributed by atoms with Crippen LogP contribution < -0.4 is 4.74 Å². The lowest BCUT2D eigenvalue weighted by atomic mass is 9.82. The van der Waals surface area contributed by atoms with Crippen LogP contribution in [0.2, 0.25) is 5.02 Å². The van der Waals surface area contributed by atoms with Crippen LogP contribution >= 0.6 is 11.6 Å². The van der Waals surface area contributed by atoms with E-state index in [1.807, 2.05) is 13.0 Å². The normalized spacial score (nSPS) is 28.8. The van der Waals surface area contributed by atoms with Crippen molar-refractivity contribution >= 4 is 11.6 Å². The highest BCUT2D eigenvalue weighted by Crippen LogP contribution is 2.43. The molecule has 1 aliphatic heterocycles. The van der Waals surface area contributed by atoms with Crippen LogP contribution in [-0.4, -0.2) is 10.7 Å². The van der Waals surface area contributed by atoms with Gasteiger partial charge in [0.15, 0.2) is 0 Å². The molecule has 0 saturated carbocycles. The summed E-state index contributed by atoms with van der Waals surface area (Å²) in [6, 6.07) is 5.40. The quantitative estimate of drug-likeness (QED) is 0.813. The number of aliphatic hydroxyl groups is 1. The van der Waals surface area contributed by atoms with Crippen molar-refractivity contribution in [1.82, 2.24) is 0 Å². The molecular formula is C13H17ClO2. The topological polar surface area (TPSA) is 29.5 Å². The Morgan fingerprint density at radius 1 is 1.50 bits per heavy atom. The van der Waals surface area contributed by atoms with Crippen LogP contribution in [0.25, 0.3) is 0 Å². The smallest absolute Gasteiger partial charge is 0.126 e. The molecule has 0 saturated heterocycles. The average molecular weight is 241 g/mol. The summed E-state index contributed by atoms with van der Waals surface area (Å²) in [7, 11) is 0. The minimum Gasteiger partial charge on any atom is -0.487 e. The molecule has 1 heterocycles. The van der Waals surface area contributed by atoms with Crippen LogP contribution in [0.3, 0.4) is 0 Å². The van der Waals surface area contributed by atoms with E-state index in [9.17, 15) is 5.11 Å². The standard InChI is InChI=1S/C13H17ClO2/c1-8(2)13(3)7-11(15)10-6-9(14)4-5-12(10)16-13/h4-6,8,11,15H,7H2,1-3H3. The molecule has 0 spiro atoms. The van der Waals surface area contributed by atoms with Crippen molar-refractivity contribution in [2.45, 2.75) is 38.9 Å². The number of fused-ring (bicyclic) bond motifs is 1. The maximum Gasteiger partial charge on any atom is 0.126 e. The Morgan fingerprint density at radius 3 is 2.81 bits per heavy atom. The molecule has 0 amide bonds. The molecular weight excluding hydrogens is 224 g/mol. The zero-order valence-corrected chi connectivity index (χ0v) is 10.6. The predicted octanol–water partition coefficient (Wildman–Crippen LogP) is 3.57. The fourth-order valence-electron chi connectivity index (χ4n) is 2.01. The third-order valence-corrected chi connectivity index (χ3v) is 3.73. The third kappa shape index (κ3) is 1.92. The monoisotopic (exact) mass is 240 g/mol. The van der Waals surface area contributed by atoms with Gasteiger partial charge in [-0.15, -0.1) is 0 Å². The van der Waals surface area contributed by atoms with Crippen molar-refractivity contribution < 1.29 is 9.84 Å². The van der Waals surface area contributed by atoms with Crippen LogP contribution in [0.4, 0.5) is 0 Å². The van der Waals surface area contributed by atoms with Crippen molar-refractivity contribution in [3.63, 3.8) is 0 Å². The van der Waals surface area contributed by atoms with Gasteiger partial charge in [-0.05, 0) is 31.0 Å². The number of benzene rings is 1.